The Bertz CT molecular complexity index is 318. The van der Waals surface area contributed by atoms with Crippen molar-refractivity contribution in [3.63, 3.8) is 0 Å². The van der Waals surface area contributed by atoms with Crippen molar-refractivity contribution in [1.82, 2.24) is 9.80 Å². The molecule has 110 valence electrons. The van der Waals surface area contributed by atoms with Crippen LogP contribution in [0.15, 0.2) is 0 Å². The van der Waals surface area contributed by atoms with E-state index in [1.54, 1.807) is 6.92 Å². The first-order valence-corrected chi connectivity index (χ1v) is 7.25. The average Bonchev–Trinajstić information content (AvgIpc) is 2.67. The zero-order valence-electron chi connectivity index (χ0n) is 12.4. The van der Waals surface area contributed by atoms with Gasteiger partial charge in [-0.2, -0.15) is 0 Å². The molecule has 1 aliphatic rings. The predicted molar refractivity (Wildman–Crippen MR) is 75.5 cm³/mol. The molecule has 5 nitrogen and oxygen atoms in total. The van der Waals surface area contributed by atoms with Crippen LogP contribution < -0.4 is 5.73 Å². The highest BCUT2D eigenvalue weighted by Crippen LogP contribution is 2.28. The topological polar surface area (TPSA) is 66.6 Å². The lowest BCUT2D eigenvalue weighted by molar-refractivity contribution is -0.142. The lowest BCUT2D eigenvalue weighted by Crippen LogP contribution is -2.48. The molecule has 0 aliphatic carbocycles. The third-order valence-corrected chi connectivity index (χ3v) is 4.43. The lowest BCUT2D eigenvalue weighted by Gasteiger charge is -2.34. The highest BCUT2D eigenvalue weighted by molar-refractivity contribution is 5.83. The smallest absolute Gasteiger partial charge is 0.230 e. The SMILES string of the molecule is CCC(CC)(CN)C(=O)N1CCCN(C(C)=O)CC1. The highest BCUT2D eigenvalue weighted by Gasteiger charge is 2.37. The van der Waals surface area contributed by atoms with Gasteiger partial charge < -0.3 is 15.5 Å². The number of rotatable bonds is 4. The molecule has 0 atom stereocenters. The molecule has 2 amide bonds. The summed E-state index contributed by atoms with van der Waals surface area (Å²) < 4.78 is 0. The van der Waals surface area contributed by atoms with E-state index in [9.17, 15) is 9.59 Å². The summed E-state index contributed by atoms with van der Waals surface area (Å²) in [5.41, 5.74) is 5.41. The number of hydrogen-bond acceptors (Lipinski definition) is 3. The van der Waals surface area contributed by atoms with Crippen LogP contribution in [0.4, 0.5) is 0 Å². The van der Waals surface area contributed by atoms with Crippen LogP contribution in [0.1, 0.15) is 40.0 Å². The van der Waals surface area contributed by atoms with Crippen molar-refractivity contribution in [2.75, 3.05) is 32.7 Å². The zero-order valence-corrected chi connectivity index (χ0v) is 12.4. The molecule has 2 N–H and O–H groups in total. The first-order valence-electron chi connectivity index (χ1n) is 7.25. The molecule has 0 aromatic carbocycles. The van der Waals surface area contributed by atoms with E-state index in [-0.39, 0.29) is 11.8 Å². The third-order valence-electron chi connectivity index (χ3n) is 4.43. The quantitative estimate of drug-likeness (QED) is 0.822. The van der Waals surface area contributed by atoms with Gasteiger partial charge in [-0.3, -0.25) is 9.59 Å². The van der Waals surface area contributed by atoms with Crippen molar-refractivity contribution in [1.29, 1.82) is 0 Å². The van der Waals surface area contributed by atoms with Crippen molar-refractivity contribution in [2.24, 2.45) is 11.1 Å². The summed E-state index contributed by atoms with van der Waals surface area (Å²) in [6.45, 7) is 8.75. The molecule has 1 fully saturated rings. The van der Waals surface area contributed by atoms with Gasteiger partial charge in [0.1, 0.15) is 0 Å². The third kappa shape index (κ3) is 3.47. The second-order valence-electron chi connectivity index (χ2n) is 5.34. The molecule has 0 radical (unpaired) electrons. The summed E-state index contributed by atoms with van der Waals surface area (Å²) >= 11 is 0. The van der Waals surface area contributed by atoms with Gasteiger partial charge in [-0.15, -0.1) is 0 Å². The molecule has 0 aromatic heterocycles. The van der Waals surface area contributed by atoms with Crippen molar-refractivity contribution in [2.45, 2.75) is 40.0 Å². The maximum atomic E-state index is 12.7. The molecule has 19 heavy (non-hydrogen) atoms. The Morgan fingerprint density at radius 1 is 1.05 bits per heavy atom. The Morgan fingerprint density at radius 2 is 1.58 bits per heavy atom. The minimum atomic E-state index is -0.425. The van der Waals surface area contributed by atoms with E-state index in [0.29, 0.717) is 19.6 Å². The molecular weight excluding hydrogens is 242 g/mol. The van der Waals surface area contributed by atoms with E-state index in [0.717, 1.165) is 32.4 Å². The van der Waals surface area contributed by atoms with Crippen LogP contribution in [0, 0.1) is 5.41 Å². The standard InChI is InChI=1S/C14H27N3O2/c1-4-14(5-2,11-15)13(19)17-8-6-7-16(9-10-17)12(3)18/h4-11,15H2,1-3H3. The van der Waals surface area contributed by atoms with E-state index in [1.807, 2.05) is 23.6 Å². The van der Waals surface area contributed by atoms with Crippen molar-refractivity contribution >= 4 is 11.8 Å². The molecule has 0 saturated carbocycles. The van der Waals surface area contributed by atoms with Crippen molar-refractivity contribution < 1.29 is 9.59 Å². The van der Waals surface area contributed by atoms with E-state index in [1.165, 1.54) is 0 Å². The first-order chi connectivity index (χ1) is 9.00. The van der Waals surface area contributed by atoms with Gasteiger partial charge in [0.15, 0.2) is 0 Å². The molecule has 1 aliphatic heterocycles. The summed E-state index contributed by atoms with van der Waals surface area (Å²) in [5, 5.41) is 0. The molecule has 1 rings (SSSR count). The van der Waals surface area contributed by atoms with Crippen LogP contribution in [0.25, 0.3) is 0 Å². The van der Waals surface area contributed by atoms with Crippen LogP contribution in [-0.2, 0) is 9.59 Å². The normalized spacial score (nSPS) is 17.3. The van der Waals surface area contributed by atoms with Gasteiger partial charge in [0.05, 0.1) is 5.41 Å². The van der Waals surface area contributed by atoms with Crippen molar-refractivity contribution in [3.05, 3.63) is 0 Å². The van der Waals surface area contributed by atoms with E-state index < -0.39 is 5.41 Å². The van der Waals surface area contributed by atoms with Gasteiger partial charge >= 0.3 is 0 Å². The van der Waals surface area contributed by atoms with Gasteiger partial charge in [-0.05, 0) is 19.3 Å². The monoisotopic (exact) mass is 269 g/mol. The Morgan fingerprint density at radius 3 is 2.05 bits per heavy atom. The number of carbonyl (C=O) groups is 2. The number of amides is 2. The Labute approximate surface area is 116 Å². The predicted octanol–water partition coefficient (Wildman–Crippen LogP) is 0.832. The highest BCUT2D eigenvalue weighted by atomic mass is 16.2. The van der Waals surface area contributed by atoms with Gasteiger partial charge in [0.25, 0.3) is 0 Å². The maximum Gasteiger partial charge on any atom is 0.230 e. The molecule has 1 saturated heterocycles. The van der Waals surface area contributed by atoms with Crippen LogP contribution in [-0.4, -0.2) is 54.3 Å². The van der Waals surface area contributed by atoms with E-state index >= 15 is 0 Å². The summed E-state index contributed by atoms with van der Waals surface area (Å²) in [4.78, 5) is 27.8. The minimum Gasteiger partial charge on any atom is -0.341 e. The van der Waals surface area contributed by atoms with E-state index in [2.05, 4.69) is 0 Å². The Hall–Kier alpha value is -1.10. The fourth-order valence-electron chi connectivity index (χ4n) is 2.70. The molecule has 5 heteroatoms. The molecule has 1 heterocycles. The maximum absolute atomic E-state index is 12.7. The number of nitrogens with two attached hydrogens (primary N) is 1. The molecule has 0 aromatic rings. The van der Waals surface area contributed by atoms with Crippen LogP contribution in [0.2, 0.25) is 0 Å². The Balaban J connectivity index is 2.75. The molecular formula is C14H27N3O2. The van der Waals surface area contributed by atoms with Gasteiger partial charge in [0.2, 0.25) is 11.8 Å². The zero-order chi connectivity index (χ0) is 14.5. The van der Waals surface area contributed by atoms with Crippen LogP contribution in [0.5, 0.6) is 0 Å². The second-order valence-corrected chi connectivity index (χ2v) is 5.34. The number of carbonyl (C=O) groups excluding carboxylic acids is 2. The molecule has 0 spiro atoms. The molecule has 0 bridgehead atoms. The van der Waals surface area contributed by atoms with E-state index in [4.69, 9.17) is 5.73 Å². The minimum absolute atomic E-state index is 0.0883. The fraction of sp³-hybridized carbons (Fsp3) is 0.857. The fourth-order valence-corrected chi connectivity index (χ4v) is 2.70. The number of hydrogen-bond donors (Lipinski definition) is 1. The molecule has 0 unspecified atom stereocenters. The summed E-state index contributed by atoms with van der Waals surface area (Å²) in [6.07, 6.45) is 2.39. The first kappa shape index (κ1) is 16.0. The van der Waals surface area contributed by atoms with Gasteiger partial charge in [-0.25, -0.2) is 0 Å². The summed E-state index contributed by atoms with van der Waals surface area (Å²) in [7, 11) is 0. The van der Waals surface area contributed by atoms with Crippen LogP contribution >= 0.6 is 0 Å². The second kappa shape index (κ2) is 6.89. The van der Waals surface area contributed by atoms with Crippen LogP contribution in [0.3, 0.4) is 0 Å². The largest absolute Gasteiger partial charge is 0.341 e. The summed E-state index contributed by atoms with van der Waals surface area (Å²) in [5.74, 6) is 0.246. The Kier molecular flexibility index (Phi) is 5.79. The van der Waals surface area contributed by atoms with Gasteiger partial charge in [-0.1, -0.05) is 13.8 Å². The average molecular weight is 269 g/mol. The van der Waals surface area contributed by atoms with Gasteiger partial charge in [0, 0.05) is 39.6 Å². The van der Waals surface area contributed by atoms with Crippen molar-refractivity contribution in [3.8, 4) is 0 Å². The number of nitrogens with zero attached hydrogens (tertiary/aromatic N) is 2. The summed E-state index contributed by atoms with van der Waals surface area (Å²) in [6, 6.07) is 0. The lowest BCUT2D eigenvalue weighted by atomic mass is 9.81.